The number of aliphatic hydroxyl groups is 1. The van der Waals surface area contributed by atoms with Crippen molar-refractivity contribution in [3.05, 3.63) is 64.7 Å². The summed E-state index contributed by atoms with van der Waals surface area (Å²) in [5.41, 5.74) is 2.66. The highest BCUT2D eigenvalue weighted by molar-refractivity contribution is 5.97. The molecular weight excluding hydrogens is 382 g/mol. The minimum atomic E-state index is -0.714. The van der Waals surface area contributed by atoms with Crippen LogP contribution in [0, 0.1) is 0 Å². The summed E-state index contributed by atoms with van der Waals surface area (Å²) < 4.78 is 10.5. The molecular formula is C24H29NO5. The predicted molar refractivity (Wildman–Crippen MR) is 114 cm³/mol. The van der Waals surface area contributed by atoms with Crippen LogP contribution in [-0.4, -0.2) is 35.8 Å². The Morgan fingerprint density at radius 1 is 1.17 bits per heavy atom. The molecule has 2 N–H and O–H groups in total. The Hall–Kier alpha value is -2.86. The van der Waals surface area contributed by atoms with E-state index in [-0.39, 0.29) is 12.2 Å². The van der Waals surface area contributed by atoms with Gasteiger partial charge in [-0.25, -0.2) is 4.79 Å². The van der Waals surface area contributed by atoms with Crippen LogP contribution in [0.4, 0.5) is 4.79 Å². The SMILES string of the molecule is COc1cccc(C(=O)Cc2ccc3c(c2)[C@@H](NC(=O)OC(C)(C)C)[C@H](O)CC3)c1. The Bertz CT molecular complexity index is 931. The van der Waals surface area contributed by atoms with Gasteiger partial charge >= 0.3 is 6.09 Å². The van der Waals surface area contributed by atoms with Gasteiger partial charge in [0.2, 0.25) is 0 Å². The van der Waals surface area contributed by atoms with Crippen molar-refractivity contribution in [3.63, 3.8) is 0 Å². The van der Waals surface area contributed by atoms with Gasteiger partial charge in [0.05, 0.1) is 19.3 Å². The largest absolute Gasteiger partial charge is 0.497 e. The fraction of sp³-hybridized carbons (Fsp3) is 0.417. The number of aryl methyl sites for hydroxylation is 1. The number of benzene rings is 2. The van der Waals surface area contributed by atoms with Gasteiger partial charge in [0.1, 0.15) is 11.4 Å². The molecule has 0 fully saturated rings. The van der Waals surface area contributed by atoms with Crippen molar-refractivity contribution < 1.29 is 24.2 Å². The molecule has 0 aliphatic heterocycles. The number of fused-ring (bicyclic) bond motifs is 1. The number of amides is 1. The predicted octanol–water partition coefficient (Wildman–Crippen LogP) is 3.99. The molecule has 0 heterocycles. The fourth-order valence-electron chi connectivity index (χ4n) is 3.64. The van der Waals surface area contributed by atoms with Crippen LogP contribution < -0.4 is 10.1 Å². The summed E-state index contributed by atoms with van der Waals surface area (Å²) in [6.45, 7) is 5.38. The molecule has 30 heavy (non-hydrogen) atoms. The molecule has 1 aliphatic rings. The number of alkyl carbamates (subject to hydrolysis) is 1. The average Bonchev–Trinajstić information content (AvgIpc) is 2.69. The van der Waals surface area contributed by atoms with Crippen LogP contribution in [0.3, 0.4) is 0 Å². The number of ketones is 1. The minimum absolute atomic E-state index is 0.0261. The number of Topliss-reactive ketones (excluding diaryl/α,β-unsaturated/α-hetero) is 1. The third-order valence-corrected chi connectivity index (χ3v) is 5.07. The molecule has 6 heteroatoms. The van der Waals surface area contributed by atoms with Crippen molar-refractivity contribution in [2.24, 2.45) is 0 Å². The van der Waals surface area contributed by atoms with Gasteiger partial charge in [-0.2, -0.15) is 0 Å². The van der Waals surface area contributed by atoms with E-state index in [1.54, 1.807) is 52.1 Å². The Morgan fingerprint density at radius 2 is 1.93 bits per heavy atom. The van der Waals surface area contributed by atoms with E-state index in [0.717, 1.165) is 16.7 Å². The standard InChI is InChI=1S/C24H29NO5/c1-24(2,3)30-23(28)25-22-19-12-15(8-9-16(19)10-11-20(22)26)13-21(27)17-6-5-7-18(14-17)29-4/h5-9,12,14,20,22,26H,10-11,13H2,1-4H3,(H,25,28)/t20-,22-/m1/s1. The topological polar surface area (TPSA) is 84.9 Å². The summed E-state index contributed by atoms with van der Waals surface area (Å²) in [5, 5.41) is 13.3. The first kappa shape index (κ1) is 21.8. The van der Waals surface area contributed by atoms with Gasteiger partial charge in [-0.1, -0.05) is 30.3 Å². The van der Waals surface area contributed by atoms with Gasteiger partial charge in [-0.05, 0) is 62.4 Å². The Morgan fingerprint density at radius 3 is 2.63 bits per heavy atom. The Kier molecular flexibility index (Phi) is 6.46. The Labute approximate surface area is 177 Å². The molecule has 0 spiro atoms. The van der Waals surface area contributed by atoms with Crippen LogP contribution in [0.25, 0.3) is 0 Å². The van der Waals surface area contributed by atoms with Crippen molar-refractivity contribution >= 4 is 11.9 Å². The maximum atomic E-state index is 12.7. The van der Waals surface area contributed by atoms with E-state index in [9.17, 15) is 14.7 Å². The lowest BCUT2D eigenvalue weighted by atomic mass is 9.84. The number of aliphatic hydroxyl groups excluding tert-OH is 1. The smallest absolute Gasteiger partial charge is 0.408 e. The number of carbonyl (C=O) groups excluding carboxylic acids is 2. The molecule has 0 aromatic heterocycles. The first-order valence-electron chi connectivity index (χ1n) is 10.1. The van der Waals surface area contributed by atoms with Crippen molar-refractivity contribution in [1.29, 1.82) is 0 Å². The molecule has 2 aromatic rings. The van der Waals surface area contributed by atoms with Gasteiger partial charge < -0.3 is 19.9 Å². The normalized spacial score (nSPS) is 18.3. The van der Waals surface area contributed by atoms with E-state index in [2.05, 4.69) is 5.32 Å². The van der Waals surface area contributed by atoms with E-state index < -0.39 is 23.8 Å². The highest BCUT2D eigenvalue weighted by atomic mass is 16.6. The molecule has 0 bridgehead atoms. The molecule has 0 saturated carbocycles. The number of methoxy groups -OCH3 is 1. The summed E-state index contributed by atoms with van der Waals surface area (Å²) in [6, 6.07) is 12.3. The summed E-state index contributed by atoms with van der Waals surface area (Å²) in [6.07, 6.45) is 0.199. The molecule has 0 saturated heterocycles. The van der Waals surface area contributed by atoms with E-state index in [1.165, 1.54) is 0 Å². The van der Waals surface area contributed by atoms with Crippen LogP contribution in [-0.2, 0) is 17.6 Å². The van der Waals surface area contributed by atoms with Crippen LogP contribution >= 0.6 is 0 Å². The molecule has 0 radical (unpaired) electrons. The first-order valence-corrected chi connectivity index (χ1v) is 10.1. The second kappa shape index (κ2) is 8.88. The zero-order chi connectivity index (χ0) is 21.9. The molecule has 1 aliphatic carbocycles. The number of ether oxygens (including phenoxy) is 2. The summed E-state index contributed by atoms with van der Waals surface area (Å²) >= 11 is 0. The zero-order valence-electron chi connectivity index (χ0n) is 17.9. The molecule has 3 rings (SSSR count). The van der Waals surface area contributed by atoms with E-state index in [1.807, 2.05) is 18.2 Å². The highest BCUT2D eigenvalue weighted by Gasteiger charge is 2.31. The van der Waals surface area contributed by atoms with Gasteiger partial charge in [0, 0.05) is 12.0 Å². The number of carbonyl (C=O) groups is 2. The second-order valence-corrected chi connectivity index (χ2v) is 8.59. The lowest BCUT2D eigenvalue weighted by Crippen LogP contribution is -2.41. The van der Waals surface area contributed by atoms with Crippen molar-refractivity contribution in [3.8, 4) is 5.75 Å². The number of rotatable bonds is 5. The molecule has 160 valence electrons. The van der Waals surface area contributed by atoms with Gasteiger partial charge in [-0.15, -0.1) is 0 Å². The Balaban J connectivity index is 1.80. The van der Waals surface area contributed by atoms with Crippen LogP contribution in [0.15, 0.2) is 42.5 Å². The monoisotopic (exact) mass is 411 g/mol. The molecule has 2 atom stereocenters. The van der Waals surface area contributed by atoms with Crippen LogP contribution in [0.5, 0.6) is 5.75 Å². The maximum absolute atomic E-state index is 12.7. The van der Waals surface area contributed by atoms with Crippen molar-refractivity contribution in [2.75, 3.05) is 7.11 Å². The quantitative estimate of drug-likeness (QED) is 0.727. The van der Waals surface area contributed by atoms with Crippen molar-refractivity contribution in [2.45, 2.75) is 57.8 Å². The lowest BCUT2D eigenvalue weighted by Gasteiger charge is -2.32. The fourth-order valence-corrected chi connectivity index (χ4v) is 3.64. The van der Waals surface area contributed by atoms with Crippen molar-refractivity contribution in [1.82, 2.24) is 5.32 Å². The van der Waals surface area contributed by atoms with E-state index in [4.69, 9.17) is 9.47 Å². The maximum Gasteiger partial charge on any atom is 0.408 e. The number of hydrogen-bond acceptors (Lipinski definition) is 5. The third-order valence-electron chi connectivity index (χ3n) is 5.07. The lowest BCUT2D eigenvalue weighted by molar-refractivity contribution is 0.0399. The third kappa shape index (κ3) is 5.39. The summed E-state index contributed by atoms with van der Waals surface area (Å²) in [7, 11) is 1.57. The molecule has 1 amide bonds. The zero-order valence-corrected chi connectivity index (χ0v) is 17.9. The van der Waals surface area contributed by atoms with E-state index >= 15 is 0 Å². The van der Waals surface area contributed by atoms with Gasteiger partial charge in [0.25, 0.3) is 0 Å². The highest BCUT2D eigenvalue weighted by Crippen LogP contribution is 2.31. The molecule has 2 aromatic carbocycles. The minimum Gasteiger partial charge on any atom is -0.497 e. The summed E-state index contributed by atoms with van der Waals surface area (Å²) in [4.78, 5) is 25.0. The number of nitrogens with one attached hydrogen (secondary N) is 1. The van der Waals surface area contributed by atoms with E-state index in [0.29, 0.717) is 24.2 Å². The molecule has 0 unspecified atom stereocenters. The van der Waals surface area contributed by atoms with Gasteiger partial charge in [0.15, 0.2) is 5.78 Å². The first-order chi connectivity index (χ1) is 14.2. The summed E-state index contributed by atoms with van der Waals surface area (Å²) in [5.74, 6) is 0.609. The molecule has 6 nitrogen and oxygen atoms in total. The van der Waals surface area contributed by atoms with Crippen LogP contribution in [0.1, 0.15) is 60.3 Å². The van der Waals surface area contributed by atoms with Crippen LogP contribution in [0.2, 0.25) is 0 Å². The second-order valence-electron chi connectivity index (χ2n) is 8.59. The average molecular weight is 411 g/mol. The number of hydrogen-bond donors (Lipinski definition) is 2. The van der Waals surface area contributed by atoms with Gasteiger partial charge in [-0.3, -0.25) is 4.79 Å².